The highest BCUT2D eigenvalue weighted by molar-refractivity contribution is 5.84. The summed E-state index contributed by atoms with van der Waals surface area (Å²) in [5, 5.41) is 1.58. The SMILES string of the molecule is CC1(C2Cc3oc(=O)c4ccccc4c3CO2)COC1. The Morgan fingerprint density at radius 2 is 1.95 bits per heavy atom. The highest BCUT2D eigenvalue weighted by Crippen LogP contribution is 2.38. The van der Waals surface area contributed by atoms with Crippen molar-refractivity contribution in [2.24, 2.45) is 5.41 Å². The van der Waals surface area contributed by atoms with Crippen LogP contribution in [0.1, 0.15) is 18.2 Å². The Hall–Kier alpha value is -1.65. The van der Waals surface area contributed by atoms with Crippen LogP contribution in [0.2, 0.25) is 0 Å². The third kappa shape index (κ3) is 1.65. The van der Waals surface area contributed by atoms with E-state index in [1.54, 1.807) is 6.07 Å². The lowest BCUT2D eigenvalue weighted by molar-refractivity contribution is -0.185. The average Bonchev–Trinajstić information content (AvgIpc) is 2.44. The predicted molar refractivity (Wildman–Crippen MR) is 73.7 cm³/mol. The number of fused-ring (bicyclic) bond motifs is 3. The molecule has 0 spiro atoms. The summed E-state index contributed by atoms with van der Waals surface area (Å²) in [6.45, 7) is 4.08. The molecule has 1 atom stereocenters. The Morgan fingerprint density at radius 1 is 1.20 bits per heavy atom. The fraction of sp³-hybridized carbons (Fsp3) is 0.438. The first-order chi connectivity index (χ1) is 9.67. The molecular weight excluding hydrogens is 256 g/mol. The van der Waals surface area contributed by atoms with E-state index in [0.717, 1.165) is 16.7 Å². The van der Waals surface area contributed by atoms with Crippen LogP contribution in [0.25, 0.3) is 10.8 Å². The standard InChI is InChI=1S/C16H16O4/c1-16(8-18-9-16)14-6-13-12(7-19-14)10-4-2-3-5-11(10)15(17)20-13/h2-5,14H,6-9H2,1H3. The van der Waals surface area contributed by atoms with Gasteiger partial charge in [0.2, 0.25) is 0 Å². The van der Waals surface area contributed by atoms with E-state index in [0.29, 0.717) is 31.6 Å². The van der Waals surface area contributed by atoms with Gasteiger partial charge in [-0.3, -0.25) is 0 Å². The van der Waals surface area contributed by atoms with Crippen LogP contribution in [0.15, 0.2) is 33.5 Å². The lowest BCUT2D eigenvalue weighted by atomic mass is 9.79. The third-order valence-corrected chi connectivity index (χ3v) is 4.47. The molecule has 2 aliphatic rings. The van der Waals surface area contributed by atoms with Crippen molar-refractivity contribution in [3.63, 3.8) is 0 Å². The summed E-state index contributed by atoms with van der Waals surface area (Å²) in [4.78, 5) is 12.1. The van der Waals surface area contributed by atoms with Gasteiger partial charge >= 0.3 is 5.63 Å². The molecule has 0 bridgehead atoms. The van der Waals surface area contributed by atoms with Crippen molar-refractivity contribution >= 4 is 10.8 Å². The van der Waals surface area contributed by atoms with Crippen LogP contribution in [0.3, 0.4) is 0 Å². The third-order valence-electron chi connectivity index (χ3n) is 4.47. The second kappa shape index (κ2) is 4.17. The van der Waals surface area contributed by atoms with Crippen LogP contribution in [0.5, 0.6) is 0 Å². The number of hydrogen-bond donors (Lipinski definition) is 0. The highest BCUT2D eigenvalue weighted by Gasteiger charge is 2.44. The smallest absolute Gasteiger partial charge is 0.343 e. The molecule has 0 saturated carbocycles. The van der Waals surface area contributed by atoms with E-state index in [4.69, 9.17) is 13.9 Å². The number of hydrogen-bond acceptors (Lipinski definition) is 4. The van der Waals surface area contributed by atoms with Crippen molar-refractivity contribution in [2.75, 3.05) is 13.2 Å². The van der Waals surface area contributed by atoms with Gasteiger partial charge in [0.05, 0.1) is 31.3 Å². The van der Waals surface area contributed by atoms with Gasteiger partial charge in [0.25, 0.3) is 0 Å². The molecule has 0 radical (unpaired) electrons. The molecule has 1 aromatic carbocycles. The van der Waals surface area contributed by atoms with Gasteiger partial charge < -0.3 is 13.9 Å². The summed E-state index contributed by atoms with van der Waals surface area (Å²) in [6.07, 6.45) is 0.711. The quantitative estimate of drug-likeness (QED) is 0.799. The van der Waals surface area contributed by atoms with E-state index in [2.05, 4.69) is 6.92 Å². The molecule has 1 aromatic heterocycles. The molecule has 20 heavy (non-hydrogen) atoms. The molecule has 3 heterocycles. The van der Waals surface area contributed by atoms with Gasteiger partial charge in [-0.25, -0.2) is 4.79 Å². The average molecular weight is 272 g/mol. The zero-order valence-electron chi connectivity index (χ0n) is 11.3. The Morgan fingerprint density at radius 3 is 2.65 bits per heavy atom. The molecule has 0 N–H and O–H groups in total. The number of benzene rings is 1. The van der Waals surface area contributed by atoms with E-state index < -0.39 is 0 Å². The molecular formula is C16H16O4. The molecule has 0 aliphatic carbocycles. The van der Waals surface area contributed by atoms with Crippen molar-refractivity contribution in [3.8, 4) is 0 Å². The second-order valence-corrected chi connectivity index (χ2v) is 5.99. The molecule has 4 rings (SSSR count). The first-order valence-corrected chi connectivity index (χ1v) is 6.90. The molecule has 0 amide bonds. The first-order valence-electron chi connectivity index (χ1n) is 6.90. The van der Waals surface area contributed by atoms with Crippen molar-refractivity contribution in [3.05, 3.63) is 46.0 Å². The maximum absolute atomic E-state index is 12.1. The number of rotatable bonds is 1. The molecule has 1 saturated heterocycles. The summed E-state index contributed by atoms with van der Waals surface area (Å²) < 4.78 is 16.8. The maximum Gasteiger partial charge on any atom is 0.343 e. The van der Waals surface area contributed by atoms with E-state index in [9.17, 15) is 4.79 Å². The van der Waals surface area contributed by atoms with Gasteiger partial charge in [-0.2, -0.15) is 0 Å². The minimum Gasteiger partial charge on any atom is -0.427 e. The summed E-state index contributed by atoms with van der Waals surface area (Å²) in [5.41, 5.74) is 0.803. The normalized spacial score (nSPS) is 24.1. The summed E-state index contributed by atoms with van der Waals surface area (Å²) >= 11 is 0. The number of ether oxygens (including phenoxy) is 2. The van der Waals surface area contributed by atoms with Crippen molar-refractivity contribution < 1.29 is 13.9 Å². The molecule has 4 heteroatoms. The summed E-state index contributed by atoms with van der Waals surface area (Å²) in [6, 6.07) is 7.55. The van der Waals surface area contributed by atoms with Crippen LogP contribution in [0.4, 0.5) is 0 Å². The Labute approximate surface area is 116 Å². The molecule has 1 unspecified atom stereocenters. The minimum atomic E-state index is -0.255. The topological polar surface area (TPSA) is 48.7 Å². The van der Waals surface area contributed by atoms with Gasteiger partial charge in [-0.05, 0) is 11.5 Å². The van der Waals surface area contributed by atoms with E-state index in [1.807, 2.05) is 18.2 Å². The Balaban J connectivity index is 1.81. The van der Waals surface area contributed by atoms with Crippen molar-refractivity contribution in [1.82, 2.24) is 0 Å². The van der Waals surface area contributed by atoms with Crippen LogP contribution in [-0.4, -0.2) is 19.3 Å². The van der Waals surface area contributed by atoms with E-state index in [-0.39, 0.29) is 17.1 Å². The molecule has 2 aliphatic heterocycles. The summed E-state index contributed by atoms with van der Waals surface area (Å²) in [5.74, 6) is 0.776. The maximum atomic E-state index is 12.1. The largest absolute Gasteiger partial charge is 0.427 e. The van der Waals surface area contributed by atoms with Crippen LogP contribution in [0, 0.1) is 5.41 Å². The monoisotopic (exact) mass is 272 g/mol. The first kappa shape index (κ1) is 12.1. The van der Waals surface area contributed by atoms with Gasteiger partial charge in [0.1, 0.15) is 5.76 Å². The van der Waals surface area contributed by atoms with Crippen LogP contribution in [-0.2, 0) is 22.5 Å². The fourth-order valence-corrected chi connectivity index (χ4v) is 3.09. The van der Waals surface area contributed by atoms with E-state index in [1.165, 1.54) is 0 Å². The predicted octanol–water partition coefficient (Wildman–Crippen LogP) is 2.27. The van der Waals surface area contributed by atoms with E-state index >= 15 is 0 Å². The van der Waals surface area contributed by atoms with Gasteiger partial charge in [-0.1, -0.05) is 25.1 Å². The second-order valence-electron chi connectivity index (χ2n) is 5.99. The van der Waals surface area contributed by atoms with Gasteiger partial charge in [0.15, 0.2) is 0 Å². The summed E-state index contributed by atoms with van der Waals surface area (Å²) in [7, 11) is 0. The minimum absolute atomic E-state index is 0.0436. The van der Waals surface area contributed by atoms with Gasteiger partial charge in [-0.15, -0.1) is 0 Å². The Kier molecular flexibility index (Phi) is 2.53. The Bertz CT molecular complexity index is 727. The highest BCUT2D eigenvalue weighted by atomic mass is 16.5. The lowest BCUT2D eigenvalue weighted by Crippen LogP contribution is -2.52. The zero-order valence-corrected chi connectivity index (χ0v) is 11.3. The van der Waals surface area contributed by atoms with Crippen LogP contribution >= 0.6 is 0 Å². The molecule has 1 fully saturated rings. The zero-order chi connectivity index (χ0) is 13.7. The molecule has 2 aromatic rings. The lowest BCUT2D eigenvalue weighted by Gasteiger charge is -2.45. The van der Waals surface area contributed by atoms with Crippen LogP contribution < -0.4 is 5.63 Å². The van der Waals surface area contributed by atoms with Crippen molar-refractivity contribution in [1.29, 1.82) is 0 Å². The molecule has 4 nitrogen and oxygen atoms in total. The van der Waals surface area contributed by atoms with Gasteiger partial charge in [0, 0.05) is 17.4 Å². The molecule has 104 valence electrons. The fourth-order valence-electron chi connectivity index (χ4n) is 3.09. The van der Waals surface area contributed by atoms with Crippen molar-refractivity contribution in [2.45, 2.75) is 26.1 Å².